The Balaban J connectivity index is 1.78. The van der Waals surface area contributed by atoms with Crippen molar-refractivity contribution in [2.24, 2.45) is 5.92 Å². The smallest absolute Gasteiger partial charge is 0.306 e. The number of para-hydroxylation sites is 1. The molecule has 1 fully saturated rings. The fourth-order valence-corrected chi connectivity index (χ4v) is 5.05. The van der Waals surface area contributed by atoms with Crippen LogP contribution in [-0.4, -0.2) is 36.2 Å². The Morgan fingerprint density at radius 3 is 2.56 bits per heavy atom. The van der Waals surface area contributed by atoms with Crippen LogP contribution in [0.25, 0.3) is 10.1 Å². The molecule has 1 N–H and O–H groups in total. The number of carbonyl (C=O) groups is 1. The number of ether oxygens (including phenoxy) is 1. The summed E-state index contributed by atoms with van der Waals surface area (Å²) in [5, 5.41) is 12.9. The predicted octanol–water partition coefficient (Wildman–Crippen LogP) is 4.80. The highest BCUT2D eigenvalue weighted by Crippen LogP contribution is 2.41. The molecule has 1 atom stereocenters. The molecule has 4 rings (SSSR count). The number of nitrogens with zero attached hydrogens (tertiary/aromatic N) is 1. The van der Waals surface area contributed by atoms with Gasteiger partial charge in [-0.05, 0) is 54.4 Å². The summed E-state index contributed by atoms with van der Waals surface area (Å²) in [6.45, 7) is 1.54. The van der Waals surface area contributed by atoms with Crippen LogP contribution in [0.3, 0.4) is 0 Å². The fraction of sp³-hybridized carbons (Fsp3) is 0.318. The normalized spacial score (nSPS) is 17.1. The summed E-state index contributed by atoms with van der Waals surface area (Å²) in [4.78, 5) is 13.8. The third-order valence-electron chi connectivity index (χ3n) is 5.48. The number of likely N-dealkylation sites (tertiary alicyclic amines) is 1. The van der Waals surface area contributed by atoms with Crippen LogP contribution in [-0.2, 0) is 4.79 Å². The lowest BCUT2D eigenvalue weighted by atomic mass is 9.91. The number of hydrogen-bond donors (Lipinski definition) is 1. The van der Waals surface area contributed by atoms with Gasteiger partial charge in [0.1, 0.15) is 5.75 Å². The van der Waals surface area contributed by atoms with E-state index < -0.39 is 5.97 Å². The first-order chi connectivity index (χ1) is 13.2. The molecule has 5 heteroatoms. The van der Waals surface area contributed by atoms with Crippen LogP contribution in [0.5, 0.6) is 5.75 Å². The van der Waals surface area contributed by atoms with Crippen LogP contribution in [0.4, 0.5) is 0 Å². The van der Waals surface area contributed by atoms with Crippen LogP contribution in [0.15, 0.2) is 53.9 Å². The zero-order valence-corrected chi connectivity index (χ0v) is 16.1. The molecule has 0 spiro atoms. The van der Waals surface area contributed by atoms with E-state index in [-0.39, 0.29) is 12.0 Å². The molecule has 2 aromatic carbocycles. The van der Waals surface area contributed by atoms with Crippen molar-refractivity contribution in [2.45, 2.75) is 18.9 Å². The SMILES string of the molecule is COc1ccccc1C(c1csc2ccccc12)N1CCC(C(=O)O)CC1. The van der Waals surface area contributed by atoms with Gasteiger partial charge < -0.3 is 9.84 Å². The second-order valence-corrected chi connectivity index (χ2v) is 7.89. The molecule has 1 aliphatic rings. The predicted molar refractivity (Wildman–Crippen MR) is 109 cm³/mol. The van der Waals surface area contributed by atoms with Gasteiger partial charge in [0, 0.05) is 10.3 Å². The Morgan fingerprint density at radius 2 is 1.81 bits per heavy atom. The molecule has 0 radical (unpaired) electrons. The van der Waals surface area contributed by atoms with E-state index in [0.29, 0.717) is 12.8 Å². The lowest BCUT2D eigenvalue weighted by Gasteiger charge is -2.37. The van der Waals surface area contributed by atoms with Gasteiger partial charge in [-0.3, -0.25) is 9.69 Å². The van der Waals surface area contributed by atoms with Gasteiger partial charge in [-0.1, -0.05) is 36.4 Å². The molecule has 4 nitrogen and oxygen atoms in total. The number of thiophene rings is 1. The van der Waals surface area contributed by atoms with Crippen molar-refractivity contribution < 1.29 is 14.6 Å². The van der Waals surface area contributed by atoms with Crippen molar-refractivity contribution in [3.05, 3.63) is 65.0 Å². The summed E-state index contributed by atoms with van der Waals surface area (Å²) in [5.74, 6) is -0.0404. The minimum absolute atomic E-state index is 0.0621. The van der Waals surface area contributed by atoms with Crippen LogP contribution >= 0.6 is 11.3 Å². The quantitative estimate of drug-likeness (QED) is 0.690. The Morgan fingerprint density at radius 1 is 1.11 bits per heavy atom. The molecule has 140 valence electrons. The highest BCUT2D eigenvalue weighted by atomic mass is 32.1. The number of benzene rings is 2. The standard InChI is InChI=1S/C22H23NO3S/c1-26-19-8-4-2-7-17(19)21(23-12-10-15(11-13-23)22(24)25)18-14-27-20-9-5-3-6-16(18)20/h2-9,14-15,21H,10-13H2,1H3,(H,24,25). The molecule has 1 saturated heterocycles. The number of methoxy groups -OCH3 is 1. The first kappa shape index (κ1) is 18.0. The molecule has 0 saturated carbocycles. The maximum Gasteiger partial charge on any atom is 0.306 e. The number of aliphatic carboxylic acids is 1. The molecular formula is C22H23NO3S. The molecule has 0 aliphatic carbocycles. The number of carboxylic acids is 1. The average Bonchev–Trinajstić information content (AvgIpc) is 3.13. The van der Waals surface area contributed by atoms with E-state index in [0.717, 1.165) is 24.4 Å². The van der Waals surface area contributed by atoms with Crippen molar-refractivity contribution in [1.82, 2.24) is 4.90 Å². The van der Waals surface area contributed by atoms with Crippen LogP contribution in [0.2, 0.25) is 0 Å². The van der Waals surface area contributed by atoms with Gasteiger partial charge in [-0.15, -0.1) is 11.3 Å². The van der Waals surface area contributed by atoms with E-state index >= 15 is 0 Å². The van der Waals surface area contributed by atoms with Crippen LogP contribution in [0.1, 0.15) is 30.0 Å². The lowest BCUT2D eigenvalue weighted by molar-refractivity contribution is -0.143. The van der Waals surface area contributed by atoms with E-state index in [1.54, 1.807) is 18.4 Å². The number of fused-ring (bicyclic) bond motifs is 1. The lowest BCUT2D eigenvalue weighted by Crippen LogP contribution is -2.39. The van der Waals surface area contributed by atoms with E-state index in [4.69, 9.17) is 4.74 Å². The number of hydrogen-bond acceptors (Lipinski definition) is 4. The van der Waals surface area contributed by atoms with Crippen molar-refractivity contribution in [3.63, 3.8) is 0 Å². The zero-order chi connectivity index (χ0) is 18.8. The maximum atomic E-state index is 11.4. The number of piperidine rings is 1. The van der Waals surface area contributed by atoms with Crippen LogP contribution in [0, 0.1) is 5.92 Å². The molecule has 2 heterocycles. The molecule has 0 amide bonds. The zero-order valence-electron chi connectivity index (χ0n) is 15.3. The number of rotatable bonds is 5. The van der Waals surface area contributed by atoms with Crippen molar-refractivity contribution in [1.29, 1.82) is 0 Å². The molecule has 1 unspecified atom stereocenters. The Bertz CT molecular complexity index is 943. The fourth-order valence-electron chi connectivity index (χ4n) is 4.07. The summed E-state index contributed by atoms with van der Waals surface area (Å²) in [6, 6.07) is 16.7. The van der Waals surface area contributed by atoms with Gasteiger partial charge in [0.2, 0.25) is 0 Å². The highest BCUT2D eigenvalue weighted by Gasteiger charge is 2.32. The minimum atomic E-state index is -0.676. The summed E-state index contributed by atoms with van der Waals surface area (Å²) in [6.07, 6.45) is 1.37. The third kappa shape index (κ3) is 3.45. The second kappa shape index (κ2) is 7.71. The minimum Gasteiger partial charge on any atom is -0.496 e. The van der Waals surface area contributed by atoms with Crippen molar-refractivity contribution >= 4 is 27.4 Å². The van der Waals surface area contributed by atoms with Gasteiger partial charge in [0.15, 0.2) is 0 Å². The maximum absolute atomic E-state index is 11.4. The third-order valence-corrected chi connectivity index (χ3v) is 6.46. The molecular weight excluding hydrogens is 358 g/mol. The van der Waals surface area contributed by atoms with Gasteiger partial charge in [-0.2, -0.15) is 0 Å². The molecule has 3 aromatic rings. The van der Waals surface area contributed by atoms with E-state index in [9.17, 15) is 9.90 Å². The summed E-state index contributed by atoms with van der Waals surface area (Å²) >= 11 is 1.76. The highest BCUT2D eigenvalue weighted by molar-refractivity contribution is 7.17. The monoisotopic (exact) mass is 381 g/mol. The Hall–Kier alpha value is -2.37. The van der Waals surface area contributed by atoms with Gasteiger partial charge >= 0.3 is 5.97 Å². The summed E-state index contributed by atoms with van der Waals surface area (Å²) in [5.41, 5.74) is 2.41. The van der Waals surface area contributed by atoms with Gasteiger partial charge in [0.05, 0.1) is 19.1 Å². The molecule has 0 bridgehead atoms. The van der Waals surface area contributed by atoms with Crippen molar-refractivity contribution in [2.75, 3.05) is 20.2 Å². The van der Waals surface area contributed by atoms with E-state index in [1.165, 1.54) is 15.6 Å². The first-order valence-electron chi connectivity index (χ1n) is 9.25. The molecule has 1 aliphatic heterocycles. The number of carboxylic acid groups (broad SMARTS) is 1. The molecule has 1 aromatic heterocycles. The summed E-state index contributed by atoms with van der Waals surface area (Å²) < 4.78 is 6.94. The van der Waals surface area contributed by atoms with Gasteiger partial charge in [-0.25, -0.2) is 0 Å². The molecule has 27 heavy (non-hydrogen) atoms. The van der Waals surface area contributed by atoms with E-state index in [1.807, 2.05) is 18.2 Å². The first-order valence-corrected chi connectivity index (χ1v) is 10.1. The average molecular weight is 381 g/mol. The van der Waals surface area contributed by atoms with E-state index in [2.05, 4.69) is 40.6 Å². The van der Waals surface area contributed by atoms with Gasteiger partial charge in [0.25, 0.3) is 0 Å². The topological polar surface area (TPSA) is 49.8 Å². The Labute approximate surface area is 163 Å². The largest absolute Gasteiger partial charge is 0.496 e. The summed E-state index contributed by atoms with van der Waals surface area (Å²) in [7, 11) is 1.71. The Kier molecular flexibility index (Phi) is 5.14. The second-order valence-electron chi connectivity index (χ2n) is 6.98. The van der Waals surface area contributed by atoms with Crippen molar-refractivity contribution in [3.8, 4) is 5.75 Å². The van der Waals surface area contributed by atoms with Crippen LogP contribution < -0.4 is 4.74 Å².